The van der Waals surface area contributed by atoms with Gasteiger partial charge in [0.25, 0.3) is 15.9 Å². The lowest BCUT2D eigenvalue weighted by Crippen LogP contribution is -2.32. The van der Waals surface area contributed by atoms with Crippen LogP contribution in [0.15, 0.2) is 53.4 Å². The zero-order valence-electron chi connectivity index (χ0n) is 14.6. The molecule has 0 heterocycles. The number of benzene rings is 2. The van der Waals surface area contributed by atoms with Crippen LogP contribution in [-0.2, 0) is 10.0 Å². The molecule has 3 rings (SSSR count). The van der Waals surface area contributed by atoms with Gasteiger partial charge in [0.15, 0.2) is 0 Å². The van der Waals surface area contributed by atoms with Crippen LogP contribution in [0.5, 0.6) is 5.75 Å². The van der Waals surface area contributed by atoms with E-state index in [-0.39, 0.29) is 16.8 Å². The summed E-state index contributed by atoms with van der Waals surface area (Å²) in [6, 6.07) is 12.9. The topological polar surface area (TPSA) is 84.5 Å². The van der Waals surface area contributed by atoms with Crippen molar-refractivity contribution in [2.75, 3.05) is 11.8 Å². The van der Waals surface area contributed by atoms with Crippen molar-refractivity contribution in [1.82, 2.24) is 5.32 Å². The predicted octanol–water partition coefficient (Wildman–Crippen LogP) is 3.17. The summed E-state index contributed by atoms with van der Waals surface area (Å²) in [4.78, 5) is 12.3. The Morgan fingerprint density at radius 1 is 1.04 bits per heavy atom. The van der Waals surface area contributed by atoms with Gasteiger partial charge < -0.3 is 10.1 Å². The number of amides is 1. The Hall–Kier alpha value is -2.54. The van der Waals surface area contributed by atoms with E-state index in [0.717, 1.165) is 25.7 Å². The van der Waals surface area contributed by atoms with Gasteiger partial charge in [-0.3, -0.25) is 9.52 Å². The zero-order chi connectivity index (χ0) is 18.6. The second-order valence-corrected chi connectivity index (χ2v) is 7.97. The van der Waals surface area contributed by atoms with Crippen molar-refractivity contribution in [3.05, 3.63) is 54.1 Å². The van der Waals surface area contributed by atoms with E-state index >= 15 is 0 Å². The third kappa shape index (κ3) is 4.16. The monoisotopic (exact) mass is 374 g/mol. The fraction of sp³-hybridized carbons (Fsp3) is 0.316. The number of methoxy groups -OCH3 is 1. The van der Waals surface area contributed by atoms with Gasteiger partial charge in [-0.15, -0.1) is 0 Å². The number of ether oxygens (including phenoxy) is 1. The molecular formula is C19H22N2O4S. The van der Waals surface area contributed by atoms with Crippen LogP contribution in [-0.4, -0.2) is 27.5 Å². The number of hydrogen-bond acceptors (Lipinski definition) is 4. The van der Waals surface area contributed by atoms with Gasteiger partial charge in [0.2, 0.25) is 0 Å². The molecule has 0 spiro atoms. The standard InChI is InChI=1S/C19H22N2O4S/c1-25-18-9-5-4-8-17(18)21-26(23,24)16-12-10-14(11-13-16)19(22)20-15-6-2-3-7-15/h4-5,8-13,15,21H,2-3,6-7H2,1H3,(H,20,22). The van der Waals surface area contributed by atoms with E-state index in [2.05, 4.69) is 10.0 Å². The summed E-state index contributed by atoms with van der Waals surface area (Å²) >= 11 is 0. The van der Waals surface area contributed by atoms with Crippen molar-refractivity contribution < 1.29 is 17.9 Å². The highest BCUT2D eigenvalue weighted by atomic mass is 32.2. The largest absolute Gasteiger partial charge is 0.495 e. The summed E-state index contributed by atoms with van der Waals surface area (Å²) in [6.45, 7) is 0. The van der Waals surface area contributed by atoms with Crippen LogP contribution in [0.2, 0.25) is 0 Å². The van der Waals surface area contributed by atoms with Crippen molar-refractivity contribution in [2.45, 2.75) is 36.6 Å². The van der Waals surface area contributed by atoms with Crippen LogP contribution < -0.4 is 14.8 Å². The Balaban J connectivity index is 1.73. The molecule has 2 N–H and O–H groups in total. The minimum Gasteiger partial charge on any atom is -0.495 e. The molecule has 138 valence electrons. The molecule has 0 saturated heterocycles. The fourth-order valence-corrected chi connectivity index (χ4v) is 4.13. The number of sulfonamides is 1. The van der Waals surface area contributed by atoms with E-state index in [1.807, 2.05) is 0 Å². The lowest BCUT2D eigenvalue weighted by molar-refractivity contribution is 0.0938. The first-order valence-electron chi connectivity index (χ1n) is 8.56. The van der Waals surface area contributed by atoms with Crippen LogP contribution in [0.3, 0.4) is 0 Å². The van der Waals surface area contributed by atoms with Gasteiger partial charge in [-0.2, -0.15) is 0 Å². The summed E-state index contributed by atoms with van der Waals surface area (Å²) < 4.78 is 32.8. The Labute approximate surface area is 153 Å². The summed E-state index contributed by atoms with van der Waals surface area (Å²) in [7, 11) is -2.30. The average molecular weight is 374 g/mol. The predicted molar refractivity (Wildman–Crippen MR) is 100.0 cm³/mol. The number of para-hydroxylation sites is 2. The van der Waals surface area contributed by atoms with Crippen LogP contribution in [0.4, 0.5) is 5.69 Å². The molecule has 0 aliphatic heterocycles. The first-order valence-corrected chi connectivity index (χ1v) is 10.0. The molecule has 7 heteroatoms. The highest BCUT2D eigenvalue weighted by molar-refractivity contribution is 7.92. The summed E-state index contributed by atoms with van der Waals surface area (Å²) in [6.07, 6.45) is 4.27. The molecule has 0 atom stereocenters. The zero-order valence-corrected chi connectivity index (χ0v) is 15.4. The molecule has 1 aliphatic carbocycles. The SMILES string of the molecule is COc1ccccc1NS(=O)(=O)c1ccc(C(=O)NC2CCCC2)cc1. The van der Waals surface area contributed by atoms with Crippen molar-refractivity contribution >= 4 is 21.6 Å². The number of hydrogen-bond donors (Lipinski definition) is 2. The molecule has 1 aliphatic rings. The normalized spacial score (nSPS) is 14.8. The number of carbonyl (C=O) groups is 1. The summed E-state index contributed by atoms with van der Waals surface area (Å²) in [5.74, 6) is 0.266. The van der Waals surface area contributed by atoms with Gasteiger partial charge in [-0.05, 0) is 49.2 Å². The summed E-state index contributed by atoms with van der Waals surface area (Å²) in [5.41, 5.74) is 0.811. The van der Waals surface area contributed by atoms with Crippen molar-refractivity contribution in [3.63, 3.8) is 0 Å². The highest BCUT2D eigenvalue weighted by Crippen LogP contribution is 2.26. The number of rotatable bonds is 6. The maximum atomic E-state index is 12.6. The molecular weight excluding hydrogens is 352 g/mol. The van der Waals surface area contributed by atoms with Gasteiger partial charge in [0, 0.05) is 11.6 Å². The first kappa shape index (κ1) is 18.3. The van der Waals surface area contributed by atoms with Crippen molar-refractivity contribution in [1.29, 1.82) is 0 Å². The molecule has 2 aromatic carbocycles. The van der Waals surface area contributed by atoms with Gasteiger partial charge in [-0.25, -0.2) is 8.42 Å². The van der Waals surface area contributed by atoms with Crippen LogP contribution in [0.25, 0.3) is 0 Å². The third-order valence-electron chi connectivity index (χ3n) is 4.47. The summed E-state index contributed by atoms with van der Waals surface area (Å²) in [5, 5.41) is 2.99. The highest BCUT2D eigenvalue weighted by Gasteiger charge is 2.20. The van der Waals surface area contributed by atoms with E-state index in [0.29, 0.717) is 17.0 Å². The van der Waals surface area contributed by atoms with Crippen molar-refractivity contribution in [3.8, 4) is 5.75 Å². The minimum atomic E-state index is -3.77. The maximum Gasteiger partial charge on any atom is 0.262 e. The van der Waals surface area contributed by atoms with Gasteiger partial charge in [0.1, 0.15) is 5.75 Å². The maximum absolute atomic E-state index is 12.6. The van der Waals surface area contributed by atoms with E-state index in [4.69, 9.17) is 4.74 Å². The number of carbonyl (C=O) groups excluding carboxylic acids is 1. The molecule has 0 radical (unpaired) electrons. The Morgan fingerprint density at radius 2 is 1.69 bits per heavy atom. The molecule has 0 aromatic heterocycles. The van der Waals surface area contributed by atoms with Crippen LogP contribution in [0, 0.1) is 0 Å². The molecule has 1 saturated carbocycles. The van der Waals surface area contributed by atoms with Crippen LogP contribution in [0.1, 0.15) is 36.0 Å². The second-order valence-electron chi connectivity index (χ2n) is 6.29. The quantitative estimate of drug-likeness (QED) is 0.813. The first-order chi connectivity index (χ1) is 12.5. The molecule has 0 unspecified atom stereocenters. The van der Waals surface area contributed by atoms with Gasteiger partial charge in [0.05, 0.1) is 17.7 Å². The number of nitrogens with one attached hydrogen (secondary N) is 2. The second kappa shape index (κ2) is 7.78. The minimum absolute atomic E-state index is 0.0841. The Bertz CT molecular complexity index is 873. The Kier molecular flexibility index (Phi) is 5.46. The smallest absolute Gasteiger partial charge is 0.262 e. The number of anilines is 1. The molecule has 0 bridgehead atoms. The Morgan fingerprint density at radius 3 is 2.35 bits per heavy atom. The van der Waals surface area contributed by atoms with Gasteiger partial charge >= 0.3 is 0 Å². The molecule has 1 fully saturated rings. The third-order valence-corrected chi connectivity index (χ3v) is 5.85. The lowest BCUT2D eigenvalue weighted by Gasteiger charge is -2.13. The van der Waals surface area contributed by atoms with E-state index < -0.39 is 10.0 Å². The molecule has 26 heavy (non-hydrogen) atoms. The van der Waals surface area contributed by atoms with Gasteiger partial charge in [-0.1, -0.05) is 25.0 Å². The molecule has 6 nitrogen and oxygen atoms in total. The fourth-order valence-electron chi connectivity index (χ4n) is 3.06. The van der Waals surface area contributed by atoms with E-state index in [1.165, 1.54) is 31.4 Å². The van der Waals surface area contributed by atoms with Crippen molar-refractivity contribution in [2.24, 2.45) is 0 Å². The van der Waals surface area contributed by atoms with E-state index in [9.17, 15) is 13.2 Å². The average Bonchev–Trinajstić information content (AvgIpc) is 3.15. The lowest BCUT2D eigenvalue weighted by atomic mass is 10.2. The van der Waals surface area contributed by atoms with Crippen LogP contribution >= 0.6 is 0 Å². The van der Waals surface area contributed by atoms with E-state index in [1.54, 1.807) is 24.3 Å². The molecule has 2 aromatic rings. The molecule has 1 amide bonds.